The number of nitrogens with one attached hydrogen (secondary N) is 2. The van der Waals surface area contributed by atoms with Crippen LogP contribution in [0.25, 0.3) is 0 Å². The van der Waals surface area contributed by atoms with Crippen molar-refractivity contribution in [2.24, 2.45) is 11.3 Å². The summed E-state index contributed by atoms with van der Waals surface area (Å²) in [5.41, 5.74) is 2.91. The first-order chi connectivity index (χ1) is 16.2. The number of piperidine rings is 1. The van der Waals surface area contributed by atoms with Crippen LogP contribution < -0.4 is 5.32 Å². The van der Waals surface area contributed by atoms with Crippen molar-refractivity contribution in [1.82, 2.24) is 20.0 Å². The fraction of sp³-hybridized carbons (Fsp3) is 0.577. The Labute approximate surface area is 201 Å². The highest BCUT2D eigenvalue weighted by Crippen LogP contribution is 2.45. The van der Waals surface area contributed by atoms with E-state index in [0.29, 0.717) is 32.0 Å². The van der Waals surface area contributed by atoms with Gasteiger partial charge in [-0.3, -0.25) is 19.6 Å². The Balaban J connectivity index is 1.40. The van der Waals surface area contributed by atoms with Gasteiger partial charge in [0.15, 0.2) is 0 Å². The number of rotatable bonds is 7. The lowest BCUT2D eigenvalue weighted by atomic mass is 9.75. The van der Waals surface area contributed by atoms with E-state index in [1.54, 1.807) is 12.1 Å². The minimum atomic E-state index is -0.377. The Kier molecular flexibility index (Phi) is 7.07. The number of carbonyl (C=O) groups is 2. The summed E-state index contributed by atoms with van der Waals surface area (Å²) in [5.74, 6) is 0.301. The van der Waals surface area contributed by atoms with Crippen LogP contribution in [0.4, 0.5) is 10.1 Å². The predicted molar refractivity (Wildman–Crippen MR) is 130 cm³/mol. The number of carbonyl (C=O) groups excluding carboxylic acids is 2. The average Bonchev–Trinajstić information content (AvgIpc) is 3.21. The Bertz CT molecular complexity index is 1020. The van der Waals surface area contributed by atoms with Crippen molar-refractivity contribution in [2.45, 2.75) is 59.4 Å². The molecule has 4 rings (SSSR count). The number of hydrogen-bond donors (Lipinski definition) is 2. The molecule has 2 amide bonds. The molecule has 0 bridgehead atoms. The molecule has 2 aliphatic rings. The summed E-state index contributed by atoms with van der Waals surface area (Å²) in [6.07, 6.45) is 2.96. The normalized spacial score (nSPS) is 20.5. The quantitative estimate of drug-likeness (QED) is 0.648. The molecule has 7 nitrogen and oxygen atoms in total. The van der Waals surface area contributed by atoms with Crippen LogP contribution in [-0.2, 0) is 16.0 Å². The van der Waals surface area contributed by atoms with Crippen LogP contribution >= 0.6 is 0 Å². The summed E-state index contributed by atoms with van der Waals surface area (Å²) < 4.78 is 13.8. The number of H-pyrrole nitrogens is 1. The standard InChI is InChI=1S/C26H36FN5O2/c1-17(2)15-32-22(13-20-6-5-7-21(27)12-20)14-26(25(32)34)8-10-31(11-9-26)16-23(33)28-24-18(3)29-30-19(24)4/h5-7,12,17,22H,8-11,13-16H2,1-4H3,(H,28,33)(H,29,30). The van der Waals surface area contributed by atoms with Gasteiger partial charge in [-0.05, 0) is 76.2 Å². The second-order valence-corrected chi connectivity index (χ2v) is 10.5. The fourth-order valence-electron chi connectivity index (χ4n) is 5.54. The number of aromatic nitrogens is 2. The number of nitrogens with zero attached hydrogens (tertiary/aromatic N) is 3. The van der Waals surface area contributed by atoms with Gasteiger partial charge in [-0.1, -0.05) is 26.0 Å². The van der Waals surface area contributed by atoms with Crippen molar-refractivity contribution in [3.63, 3.8) is 0 Å². The second kappa shape index (κ2) is 9.86. The van der Waals surface area contributed by atoms with Gasteiger partial charge in [0.1, 0.15) is 5.82 Å². The molecule has 8 heteroatoms. The molecular formula is C26H36FN5O2. The molecule has 0 saturated carbocycles. The summed E-state index contributed by atoms with van der Waals surface area (Å²) in [6, 6.07) is 6.79. The highest BCUT2D eigenvalue weighted by Gasteiger charge is 2.52. The third kappa shape index (κ3) is 5.17. The molecule has 184 valence electrons. The van der Waals surface area contributed by atoms with Crippen molar-refractivity contribution < 1.29 is 14.0 Å². The maximum absolute atomic E-state index is 13.8. The molecule has 1 unspecified atom stereocenters. The monoisotopic (exact) mass is 469 g/mol. The molecule has 2 aromatic rings. The highest BCUT2D eigenvalue weighted by atomic mass is 19.1. The second-order valence-electron chi connectivity index (χ2n) is 10.5. The Hall–Kier alpha value is -2.74. The van der Waals surface area contributed by atoms with Crippen LogP contribution in [0.3, 0.4) is 0 Å². The summed E-state index contributed by atoms with van der Waals surface area (Å²) >= 11 is 0. The molecule has 2 saturated heterocycles. The van der Waals surface area contributed by atoms with E-state index in [1.807, 2.05) is 24.8 Å². The van der Waals surface area contributed by atoms with Crippen molar-refractivity contribution >= 4 is 17.5 Å². The third-order valence-electron chi connectivity index (χ3n) is 7.28. The van der Waals surface area contributed by atoms with Gasteiger partial charge in [-0.2, -0.15) is 5.10 Å². The first-order valence-electron chi connectivity index (χ1n) is 12.3. The van der Waals surface area contributed by atoms with Crippen LogP contribution in [0.15, 0.2) is 24.3 Å². The third-order valence-corrected chi connectivity index (χ3v) is 7.28. The van der Waals surface area contributed by atoms with E-state index in [0.717, 1.165) is 48.4 Å². The lowest BCUT2D eigenvalue weighted by Gasteiger charge is -2.37. The number of aryl methyl sites for hydroxylation is 2. The van der Waals surface area contributed by atoms with Gasteiger partial charge < -0.3 is 10.2 Å². The maximum Gasteiger partial charge on any atom is 0.238 e. The largest absolute Gasteiger partial charge is 0.339 e. The molecule has 0 radical (unpaired) electrons. The van der Waals surface area contributed by atoms with Gasteiger partial charge in [-0.15, -0.1) is 0 Å². The molecule has 1 spiro atoms. The van der Waals surface area contributed by atoms with Crippen LogP contribution in [0.5, 0.6) is 0 Å². The lowest BCUT2D eigenvalue weighted by molar-refractivity contribution is -0.139. The van der Waals surface area contributed by atoms with E-state index < -0.39 is 0 Å². The Morgan fingerprint density at radius 3 is 2.65 bits per heavy atom. The Morgan fingerprint density at radius 2 is 2.03 bits per heavy atom. The molecule has 2 N–H and O–H groups in total. The van der Waals surface area contributed by atoms with Gasteiger partial charge in [0.2, 0.25) is 11.8 Å². The molecule has 1 aromatic heterocycles. The van der Waals surface area contributed by atoms with Crippen LogP contribution in [-0.4, -0.2) is 64.0 Å². The molecule has 1 aromatic carbocycles. The summed E-state index contributed by atoms with van der Waals surface area (Å²) in [7, 11) is 0. The van der Waals surface area contributed by atoms with E-state index in [4.69, 9.17) is 0 Å². The summed E-state index contributed by atoms with van der Waals surface area (Å²) in [6.45, 7) is 10.4. The number of anilines is 1. The zero-order valence-electron chi connectivity index (χ0n) is 20.7. The first-order valence-corrected chi connectivity index (χ1v) is 12.3. The SMILES string of the molecule is Cc1n[nH]c(C)c1NC(=O)CN1CCC2(CC1)CC(Cc1cccc(F)c1)N(CC(C)C)C2=O. The topological polar surface area (TPSA) is 81.3 Å². The fourth-order valence-corrected chi connectivity index (χ4v) is 5.54. The molecule has 0 aliphatic carbocycles. The molecule has 3 heterocycles. The molecule has 34 heavy (non-hydrogen) atoms. The van der Waals surface area contributed by atoms with E-state index >= 15 is 0 Å². The average molecular weight is 470 g/mol. The molecular weight excluding hydrogens is 433 g/mol. The van der Waals surface area contributed by atoms with Gasteiger partial charge in [0, 0.05) is 12.6 Å². The van der Waals surface area contributed by atoms with Crippen molar-refractivity contribution in [2.75, 3.05) is 31.5 Å². The number of halogens is 1. The lowest BCUT2D eigenvalue weighted by Crippen LogP contribution is -2.47. The Morgan fingerprint density at radius 1 is 1.29 bits per heavy atom. The summed E-state index contributed by atoms with van der Waals surface area (Å²) in [5, 5.41) is 9.97. The molecule has 1 atom stereocenters. The highest BCUT2D eigenvalue weighted by molar-refractivity contribution is 5.93. The molecule has 2 fully saturated rings. The minimum Gasteiger partial charge on any atom is -0.339 e. The first kappa shape index (κ1) is 24.4. The zero-order chi connectivity index (χ0) is 24.5. The number of benzene rings is 1. The number of aromatic amines is 1. The maximum atomic E-state index is 13.8. The van der Waals surface area contributed by atoms with Crippen LogP contribution in [0.1, 0.15) is 50.1 Å². The van der Waals surface area contributed by atoms with Gasteiger partial charge >= 0.3 is 0 Å². The van der Waals surface area contributed by atoms with E-state index in [1.165, 1.54) is 6.07 Å². The van der Waals surface area contributed by atoms with Crippen LogP contribution in [0, 0.1) is 31.0 Å². The summed E-state index contributed by atoms with van der Waals surface area (Å²) in [4.78, 5) is 30.4. The molecule has 2 aliphatic heterocycles. The number of hydrogen-bond acceptors (Lipinski definition) is 4. The van der Waals surface area contributed by atoms with Crippen molar-refractivity contribution in [1.29, 1.82) is 0 Å². The van der Waals surface area contributed by atoms with Gasteiger partial charge in [0.25, 0.3) is 0 Å². The van der Waals surface area contributed by atoms with E-state index in [2.05, 4.69) is 34.3 Å². The zero-order valence-corrected chi connectivity index (χ0v) is 20.7. The number of likely N-dealkylation sites (tertiary alicyclic amines) is 2. The number of amides is 2. The smallest absolute Gasteiger partial charge is 0.238 e. The minimum absolute atomic E-state index is 0.0632. The predicted octanol–water partition coefficient (Wildman–Crippen LogP) is 3.69. The van der Waals surface area contributed by atoms with Gasteiger partial charge in [0.05, 0.1) is 29.0 Å². The van der Waals surface area contributed by atoms with Crippen molar-refractivity contribution in [3.8, 4) is 0 Å². The van der Waals surface area contributed by atoms with Gasteiger partial charge in [-0.25, -0.2) is 4.39 Å². The van der Waals surface area contributed by atoms with E-state index in [-0.39, 0.29) is 29.1 Å². The van der Waals surface area contributed by atoms with Crippen molar-refractivity contribution in [3.05, 3.63) is 47.0 Å². The van der Waals surface area contributed by atoms with Crippen LogP contribution in [0.2, 0.25) is 0 Å². The van der Waals surface area contributed by atoms with E-state index in [9.17, 15) is 14.0 Å².